The normalized spacial score (nSPS) is 11.0. The van der Waals surface area contributed by atoms with E-state index >= 15 is 0 Å². The smallest absolute Gasteiger partial charge is 0.0703 e. The lowest BCUT2D eigenvalue weighted by molar-refractivity contribution is 0.137. The Balaban J connectivity index is 2.23. The fraction of sp³-hybridized carbons (Fsp3) is 0.364. The van der Waals surface area contributed by atoms with Gasteiger partial charge in [0, 0.05) is 17.7 Å². The number of hydrogen-bond acceptors (Lipinski definition) is 3. The van der Waals surface area contributed by atoms with E-state index in [4.69, 9.17) is 10.5 Å². The summed E-state index contributed by atoms with van der Waals surface area (Å²) in [6.45, 7) is 4.17. The van der Waals surface area contributed by atoms with Crippen LogP contribution >= 0.6 is 0 Å². The standard InChI is InChI=1S/C11H15N3O/c1-2-15-6-5-14-11-7-10(12)4-3-9(11)8-13-14/h3-4,7-8H,2,5-6,12H2,1H3. The molecule has 0 amide bonds. The van der Waals surface area contributed by atoms with Crippen molar-refractivity contribution in [2.24, 2.45) is 0 Å². The first-order chi connectivity index (χ1) is 7.31. The lowest BCUT2D eigenvalue weighted by Gasteiger charge is -2.03. The average Bonchev–Trinajstić information content (AvgIpc) is 2.62. The van der Waals surface area contributed by atoms with Crippen molar-refractivity contribution in [3.63, 3.8) is 0 Å². The van der Waals surface area contributed by atoms with Crippen LogP contribution in [-0.4, -0.2) is 23.0 Å². The molecule has 2 N–H and O–H groups in total. The maximum Gasteiger partial charge on any atom is 0.0703 e. The van der Waals surface area contributed by atoms with E-state index in [0.29, 0.717) is 6.61 Å². The van der Waals surface area contributed by atoms with E-state index in [-0.39, 0.29) is 0 Å². The van der Waals surface area contributed by atoms with Gasteiger partial charge in [-0.3, -0.25) is 4.68 Å². The van der Waals surface area contributed by atoms with Gasteiger partial charge in [-0.15, -0.1) is 0 Å². The van der Waals surface area contributed by atoms with E-state index in [1.165, 1.54) is 0 Å². The third-order valence-electron chi connectivity index (χ3n) is 2.32. The third kappa shape index (κ3) is 2.10. The summed E-state index contributed by atoms with van der Waals surface area (Å²) < 4.78 is 7.21. The molecule has 1 aromatic heterocycles. The van der Waals surface area contributed by atoms with Crippen LogP contribution in [-0.2, 0) is 11.3 Å². The van der Waals surface area contributed by atoms with Crippen LogP contribution < -0.4 is 5.73 Å². The first-order valence-corrected chi connectivity index (χ1v) is 5.10. The number of nitrogens with two attached hydrogens (primary N) is 1. The van der Waals surface area contributed by atoms with Crippen molar-refractivity contribution >= 4 is 16.6 Å². The highest BCUT2D eigenvalue weighted by Crippen LogP contribution is 2.16. The Morgan fingerprint density at radius 3 is 3.13 bits per heavy atom. The number of fused-ring (bicyclic) bond motifs is 1. The fourth-order valence-corrected chi connectivity index (χ4v) is 1.56. The van der Waals surface area contributed by atoms with Gasteiger partial charge in [0.25, 0.3) is 0 Å². The van der Waals surface area contributed by atoms with Gasteiger partial charge in [0.15, 0.2) is 0 Å². The van der Waals surface area contributed by atoms with Crippen LogP contribution in [0.3, 0.4) is 0 Å². The largest absolute Gasteiger partial charge is 0.399 e. The summed E-state index contributed by atoms with van der Waals surface area (Å²) in [7, 11) is 0. The molecule has 0 spiro atoms. The topological polar surface area (TPSA) is 53.1 Å². The maximum atomic E-state index is 5.73. The van der Waals surface area contributed by atoms with Crippen molar-refractivity contribution < 1.29 is 4.74 Å². The summed E-state index contributed by atoms with van der Waals surface area (Å²) in [5.41, 5.74) is 7.56. The van der Waals surface area contributed by atoms with Gasteiger partial charge in [0.1, 0.15) is 0 Å². The van der Waals surface area contributed by atoms with Crippen LogP contribution in [0.25, 0.3) is 10.9 Å². The second-order valence-corrected chi connectivity index (χ2v) is 3.38. The molecule has 0 aliphatic carbocycles. The van der Waals surface area contributed by atoms with Crippen LogP contribution in [0.1, 0.15) is 6.92 Å². The second-order valence-electron chi connectivity index (χ2n) is 3.38. The summed E-state index contributed by atoms with van der Waals surface area (Å²) in [4.78, 5) is 0. The molecule has 4 heteroatoms. The van der Waals surface area contributed by atoms with Crippen molar-refractivity contribution in [3.05, 3.63) is 24.4 Å². The summed E-state index contributed by atoms with van der Waals surface area (Å²) in [5, 5.41) is 5.40. The monoisotopic (exact) mass is 205 g/mol. The SMILES string of the molecule is CCOCCn1ncc2ccc(N)cc21. The molecule has 2 aromatic rings. The molecule has 1 aromatic carbocycles. The summed E-state index contributed by atoms with van der Waals surface area (Å²) in [6.07, 6.45) is 1.85. The number of hydrogen-bond donors (Lipinski definition) is 1. The van der Waals surface area contributed by atoms with Gasteiger partial charge < -0.3 is 10.5 Å². The van der Waals surface area contributed by atoms with Crippen LogP contribution in [0.2, 0.25) is 0 Å². The molecule has 0 bridgehead atoms. The van der Waals surface area contributed by atoms with Crippen molar-refractivity contribution in [1.29, 1.82) is 0 Å². The minimum absolute atomic E-state index is 0.683. The molecule has 4 nitrogen and oxygen atoms in total. The number of nitrogen functional groups attached to an aromatic ring is 1. The zero-order valence-electron chi connectivity index (χ0n) is 8.81. The lowest BCUT2D eigenvalue weighted by atomic mass is 10.2. The molecule has 0 radical (unpaired) electrons. The van der Waals surface area contributed by atoms with Gasteiger partial charge >= 0.3 is 0 Å². The van der Waals surface area contributed by atoms with E-state index < -0.39 is 0 Å². The van der Waals surface area contributed by atoms with Gasteiger partial charge in [0.2, 0.25) is 0 Å². The van der Waals surface area contributed by atoms with Crippen LogP contribution in [0.15, 0.2) is 24.4 Å². The number of nitrogens with zero attached hydrogens (tertiary/aromatic N) is 2. The molecule has 0 saturated heterocycles. The quantitative estimate of drug-likeness (QED) is 0.610. The molecule has 0 aliphatic heterocycles. The number of anilines is 1. The number of rotatable bonds is 4. The van der Waals surface area contributed by atoms with Crippen molar-refractivity contribution in [2.45, 2.75) is 13.5 Å². The highest BCUT2D eigenvalue weighted by Gasteiger charge is 2.02. The predicted molar refractivity (Wildman–Crippen MR) is 60.6 cm³/mol. The Hall–Kier alpha value is -1.55. The number of benzene rings is 1. The molecule has 15 heavy (non-hydrogen) atoms. The summed E-state index contributed by atoms with van der Waals surface area (Å²) in [5.74, 6) is 0. The van der Waals surface area contributed by atoms with Crippen molar-refractivity contribution in [1.82, 2.24) is 9.78 Å². The molecule has 0 fully saturated rings. The molecule has 0 unspecified atom stereocenters. The Morgan fingerprint density at radius 2 is 2.33 bits per heavy atom. The predicted octanol–water partition coefficient (Wildman–Crippen LogP) is 1.66. The Labute approximate surface area is 88.6 Å². The van der Waals surface area contributed by atoms with Gasteiger partial charge in [-0.05, 0) is 25.1 Å². The van der Waals surface area contributed by atoms with Crippen LogP contribution in [0, 0.1) is 0 Å². The van der Waals surface area contributed by atoms with Crippen LogP contribution in [0.4, 0.5) is 5.69 Å². The highest BCUT2D eigenvalue weighted by molar-refractivity contribution is 5.81. The number of aromatic nitrogens is 2. The van der Waals surface area contributed by atoms with Gasteiger partial charge in [0.05, 0.1) is 24.9 Å². The van der Waals surface area contributed by atoms with E-state index in [9.17, 15) is 0 Å². The van der Waals surface area contributed by atoms with E-state index in [1.807, 2.05) is 36.0 Å². The van der Waals surface area contributed by atoms with Gasteiger partial charge in [-0.25, -0.2) is 0 Å². The molecule has 0 atom stereocenters. The minimum Gasteiger partial charge on any atom is -0.399 e. The molecular formula is C11H15N3O. The summed E-state index contributed by atoms with van der Waals surface area (Å²) in [6, 6.07) is 5.81. The van der Waals surface area contributed by atoms with Crippen molar-refractivity contribution in [3.8, 4) is 0 Å². The zero-order valence-corrected chi connectivity index (χ0v) is 8.81. The van der Waals surface area contributed by atoms with Gasteiger partial charge in [-0.1, -0.05) is 0 Å². The minimum atomic E-state index is 0.683. The molecule has 80 valence electrons. The molecule has 0 saturated carbocycles. The zero-order chi connectivity index (χ0) is 10.7. The number of ether oxygens (including phenoxy) is 1. The molecule has 0 aliphatic rings. The van der Waals surface area contributed by atoms with E-state index in [2.05, 4.69) is 5.10 Å². The van der Waals surface area contributed by atoms with Crippen molar-refractivity contribution in [2.75, 3.05) is 18.9 Å². The fourth-order valence-electron chi connectivity index (χ4n) is 1.56. The molecule has 2 rings (SSSR count). The van der Waals surface area contributed by atoms with Gasteiger partial charge in [-0.2, -0.15) is 5.10 Å². The highest BCUT2D eigenvalue weighted by atomic mass is 16.5. The first kappa shape index (κ1) is 9.98. The van der Waals surface area contributed by atoms with E-state index in [1.54, 1.807) is 0 Å². The van der Waals surface area contributed by atoms with Crippen LogP contribution in [0.5, 0.6) is 0 Å². The molecular weight excluding hydrogens is 190 g/mol. The van der Waals surface area contributed by atoms with E-state index in [0.717, 1.165) is 29.7 Å². The Morgan fingerprint density at radius 1 is 1.47 bits per heavy atom. The Kier molecular flexibility index (Phi) is 2.87. The summed E-state index contributed by atoms with van der Waals surface area (Å²) >= 11 is 0. The maximum absolute atomic E-state index is 5.73. The third-order valence-corrected chi connectivity index (χ3v) is 2.32. The average molecular weight is 205 g/mol. The Bertz CT molecular complexity index is 450. The second kappa shape index (κ2) is 4.31. The molecule has 1 heterocycles. The first-order valence-electron chi connectivity index (χ1n) is 5.10. The lowest BCUT2D eigenvalue weighted by Crippen LogP contribution is -2.07.